The number of amidine groups is 1. The van der Waals surface area contributed by atoms with E-state index in [-0.39, 0.29) is 11.8 Å². The first-order valence-electron chi connectivity index (χ1n) is 6.04. The quantitative estimate of drug-likeness (QED) is 0.575. The van der Waals surface area contributed by atoms with Crippen LogP contribution < -0.4 is 11.1 Å². The molecule has 1 amide bonds. The lowest BCUT2D eigenvalue weighted by molar-refractivity contribution is -0.121. The number of nitrogens with zero attached hydrogens (tertiary/aromatic N) is 2. The highest BCUT2D eigenvalue weighted by Crippen LogP contribution is 2.04. The van der Waals surface area contributed by atoms with Crippen molar-refractivity contribution < 1.29 is 4.79 Å². The van der Waals surface area contributed by atoms with E-state index in [1.165, 1.54) is 0 Å². The predicted molar refractivity (Wildman–Crippen MR) is 72.3 cm³/mol. The standard InChI is InChI=1S/C13H20N4O/c1-10(5-7-15-2)13(18)17-12(14)8-11-4-3-6-16-9-11/h3-4,6,9-10,15H,5,7-8H2,1-2H3,(H2,14,17,18). The molecule has 0 aromatic carbocycles. The van der Waals surface area contributed by atoms with Gasteiger partial charge in [-0.2, -0.15) is 0 Å². The van der Waals surface area contributed by atoms with Crippen LogP contribution in [0.5, 0.6) is 0 Å². The Morgan fingerprint density at radius 1 is 1.61 bits per heavy atom. The lowest BCUT2D eigenvalue weighted by Gasteiger charge is -2.07. The zero-order chi connectivity index (χ0) is 13.4. The van der Waals surface area contributed by atoms with Crippen molar-refractivity contribution in [2.75, 3.05) is 13.6 Å². The third kappa shape index (κ3) is 5.05. The lowest BCUT2D eigenvalue weighted by atomic mass is 10.1. The van der Waals surface area contributed by atoms with Crippen molar-refractivity contribution in [2.24, 2.45) is 16.6 Å². The first-order chi connectivity index (χ1) is 8.63. The molecule has 0 aliphatic carbocycles. The number of hydrogen-bond donors (Lipinski definition) is 2. The Labute approximate surface area is 108 Å². The predicted octanol–water partition coefficient (Wildman–Crippen LogP) is 0.753. The second-order valence-electron chi connectivity index (χ2n) is 4.27. The summed E-state index contributed by atoms with van der Waals surface area (Å²) < 4.78 is 0. The molecule has 0 aliphatic rings. The van der Waals surface area contributed by atoms with Crippen LogP contribution >= 0.6 is 0 Å². The first kappa shape index (κ1) is 14.3. The summed E-state index contributed by atoms with van der Waals surface area (Å²) in [6.07, 6.45) is 4.64. The largest absolute Gasteiger partial charge is 0.387 e. The number of carbonyl (C=O) groups excluding carboxylic acids is 1. The van der Waals surface area contributed by atoms with Crippen LogP contribution in [0.1, 0.15) is 18.9 Å². The minimum atomic E-state index is -0.161. The van der Waals surface area contributed by atoms with Crippen LogP contribution in [0.3, 0.4) is 0 Å². The third-order valence-corrected chi connectivity index (χ3v) is 2.61. The summed E-state index contributed by atoms with van der Waals surface area (Å²) in [7, 11) is 1.86. The van der Waals surface area contributed by atoms with E-state index in [0.717, 1.165) is 18.5 Å². The van der Waals surface area contributed by atoms with Crippen LogP contribution in [0, 0.1) is 5.92 Å². The molecule has 0 aliphatic heterocycles. The molecule has 0 saturated heterocycles. The zero-order valence-corrected chi connectivity index (χ0v) is 10.9. The molecule has 5 nitrogen and oxygen atoms in total. The molecule has 18 heavy (non-hydrogen) atoms. The normalized spacial score (nSPS) is 13.3. The van der Waals surface area contributed by atoms with Crippen molar-refractivity contribution in [1.29, 1.82) is 0 Å². The Morgan fingerprint density at radius 2 is 2.39 bits per heavy atom. The van der Waals surface area contributed by atoms with E-state index in [2.05, 4.69) is 15.3 Å². The maximum absolute atomic E-state index is 11.7. The number of amides is 1. The molecule has 0 bridgehead atoms. The molecular weight excluding hydrogens is 228 g/mol. The van der Waals surface area contributed by atoms with E-state index in [1.807, 2.05) is 26.1 Å². The fourth-order valence-corrected chi connectivity index (χ4v) is 1.49. The van der Waals surface area contributed by atoms with Crippen molar-refractivity contribution in [3.05, 3.63) is 30.1 Å². The molecule has 1 unspecified atom stereocenters. The minimum absolute atomic E-state index is 0.107. The van der Waals surface area contributed by atoms with E-state index in [1.54, 1.807) is 12.4 Å². The van der Waals surface area contributed by atoms with Crippen LogP contribution in [0.25, 0.3) is 0 Å². The van der Waals surface area contributed by atoms with Gasteiger partial charge in [-0.05, 0) is 31.6 Å². The van der Waals surface area contributed by atoms with Gasteiger partial charge in [-0.25, -0.2) is 4.99 Å². The molecular formula is C13H20N4O. The summed E-state index contributed by atoms with van der Waals surface area (Å²) in [5, 5.41) is 3.01. The molecule has 1 rings (SSSR count). The summed E-state index contributed by atoms with van der Waals surface area (Å²) in [4.78, 5) is 19.7. The molecule has 1 heterocycles. The van der Waals surface area contributed by atoms with E-state index >= 15 is 0 Å². The number of aromatic nitrogens is 1. The SMILES string of the molecule is CNCCC(C)C(=O)N=C(N)Cc1cccnc1. The first-order valence-corrected chi connectivity index (χ1v) is 6.04. The van der Waals surface area contributed by atoms with Crippen LogP contribution in [0.2, 0.25) is 0 Å². The number of rotatable bonds is 6. The molecule has 0 radical (unpaired) electrons. The zero-order valence-electron chi connectivity index (χ0n) is 10.9. The topological polar surface area (TPSA) is 80.4 Å². The molecule has 1 aromatic rings. The van der Waals surface area contributed by atoms with Gasteiger partial charge in [0.15, 0.2) is 0 Å². The van der Waals surface area contributed by atoms with Gasteiger partial charge < -0.3 is 11.1 Å². The molecule has 1 atom stereocenters. The lowest BCUT2D eigenvalue weighted by Crippen LogP contribution is -2.21. The van der Waals surface area contributed by atoms with E-state index < -0.39 is 0 Å². The molecule has 3 N–H and O–H groups in total. The molecule has 98 valence electrons. The molecule has 5 heteroatoms. The second-order valence-corrected chi connectivity index (χ2v) is 4.27. The van der Waals surface area contributed by atoms with E-state index in [0.29, 0.717) is 12.3 Å². The van der Waals surface area contributed by atoms with Crippen LogP contribution in [0.15, 0.2) is 29.5 Å². The Balaban J connectivity index is 2.52. The molecule has 0 saturated carbocycles. The fraction of sp³-hybridized carbons (Fsp3) is 0.462. The average Bonchev–Trinajstić information content (AvgIpc) is 2.36. The van der Waals surface area contributed by atoms with Gasteiger partial charge in [-0.1, -0.05) is 13.0 Å². The van der Waals surface area contributed by atoms with Crippen LogP contribution in [0.4, 0.5) is 0 Å². The maximum atomic E-state index is 11.7. The summed E-state index contributed by atoms with van der Waals surface area (Å²) >= 11 is 0. The number of nitrogens with two attached hydrogens (primary N) is 1. The minimum Gasteiger partial charge on any atom is -0.387 e. The number of hydrogen-bond acceptors (Lipinski definition) is 3. The van der Waals surface area contributed by atoms with E-state index in [9.17, 15) is 4.79 Å². The molecule has 1 aromatic heterocycles. The maximum Gasteiger partial charge on any atom is 0.250 e. The van der Waals surface area contributed by atoms with Gasteiger partial charge >= 0.3 is 0 Å². The van der Waals surface area contributed by atoms with Crippen molar-refractivity contribution in [2.45, 2.75) is 19.8 Å². The monoisotopic (exact) mass is 248 g/mol. The summed E-state index contributed by atoms with van der Waals surface area (Å²) in [5.74, 6) is 0.0702. The third-order valence-electron chi connectivity index (χ3n) is 2.61. The second kappa shape index (κ2) is 7.55. The smallest absolute Gasteiger partial charge is 0.250 e. The van der Waals surface area contributed by atoms with Gasteiger partial charge in [-0.15, -0.1) is 0 Å². The molecule has 0 spiro atoms. The van der Waals surface area contributed by atoms with Crippen molar-refractivity contribution in [3.63, 3.8) is 0 Å². The Kier molecular flexibility index (Phi) is 6.00. The van der Waals surface area contributed by atoms with Gasteiger partial charge in [0.25, 0.3) is 0 Å². The van der Waals surface area contributed by atoms with E-state index in [4.69, 9.17) is 5.73 Å². The van der Waals surface area contributed by atoms with Crippen molar-refractivity contribution >= 4 is 11.7 Å². The molecule has 0 fully saturated rings. The Hall–Kier alpha value is -1.75. The number of carbonyl (C=O) groups is 1. The highest BCUT2D eigenvalue weighted by atomic mass is 16.1. The van der Waals surface area contributed by atoms with Crippen LogP contribution in [-0.2, 0) is 11.2 Å². The van der Waals surface area contributed by atoms with Crippen molar-refractivity contribution in [1.82, 2.24) is 10.3 Å². The van der Waals surface area contributed by atoms with Gasteiger partial charge in [0.2, 0.25) is 5.91 Å². The average molecular weight is 248 g/mol. The number of pyridine rings is 1. The van der Waals surface area contributed by atoms with Gasteiger partial charge in [0.1, 0.15) is 5.84 Å². The van der Waals surface area contributed by atoms with Gasteiger partial charge in [0, 0.05) is 24.7 Å². The van der Waals surface area contributed by atoms with Gasteiger partial charge in [0.05, 0.1) is 0 Å². The summed E-state index contributed by atoms with van der Waals surface area (Å²) in [6, 6.07) is 3.74. The van der Waals surface area contributed by atoms with Crippen LogP contribution in [-0.4, -0.2) is 30.3 Å². The fourth-order valence-electron chi connectivity index (χ4n) is 1.49. The number of aliphatic imine (C=N–C) groups is 1. The summed E-state index contributed by atoms with van der Waals surface area (Å²) in [6.45, 7) is 2.66. The number of nitrogens with one attached hydrogen (secondary N) is 1. The van der Waals surface area contributed by atoms with Gasteiger partial charge in [-0.3, -0.25) is 9.78 Å². The Bertz CT molecular complexity index is 403. The summed E-state index contributed by atoms with van der Waals surface area (Å²) in [5.41, 5.74) is 6.71. The highest BCUT2D eigenvalue weighted by Gasteiger charge is 2.11. The highest BCUT2D eigenvalue weighted by molar-refractivity contribution is 5.95. The Morgan fingerprint density at radius 3 is 3.00 bits per heavy atom. The van der Waals surface area contributed by atoms with Crippen molar-refractivity contribution in [3.8, 4) is 0 Å².